The van der Waals surface area contributed by atoms with Gasteiger partial charge in [-0.05, 0) is 18.2 Å². The van der Waals surface area contributed by atoms with Gasteiger partial charge in [0.1, 0.15) is 5.15 Å². The third-order valence-corrected chi connectivity index (χ3v) is 3.60. The van der Waals surface area contributed by atoms with Gasteiger partial charge in [0, 0.05) is 11.9 Å². The van der Waals surface area contributed by atoms with Crippen molar-refractivity contribution in [1.29, 1.82) is 0 Å². The van der Waals surface area contributed by atoms with E-state index in [1.165, 1.54) is 24.4 Å². The van der Waals surface area contributed by atoms with Gasteiger partial charge < -0.3 is 10.4 Å². The van der Waals surface area contributed by atoms with Crippen molar-refractivity contribution in [2.24, 2.45) is 0 Å². The smallest absolute Gasteiger partial charge is 0.257 e. The van der Waals surface area contributed by atoms with Crippen LogP contribution in [0.1, 0.15) is 10.4 Å². The fourth-order valence-corrected chi connectivity index (χ4v) is 2.14. The first-order valence-electron chi connectivity index (χ1n) is 5.19. The van der Waals surface area contributed by atoms with Crippen molar-refractivity contribution >= 4 is 58.0 Å². The highest BCUT2D eigenvalue weighted by molar-refractivity contribution is 6.41. The number of hydrogen-bond acceptors (Lipinski definition) is 3. The number of nitrogens with one attached hydrogen (secondary N) is 1. The van der Waals surface area contributed by atoms with E-state index in [1.54, 1.807) is 0 Å². The summed E-state index contributed by atoms with van der Waals surface area (Å²) in [4.78, 5) is 15.8. The topological polar surface area (TPSA) is 62.2 Å². The molecule has 2 aromatic rings. The van der Waals surface area contributed by atoms with Crippen LogP contribution >= 0.6 is 46.4 Å². The molecule has 0 fully saturated rings. The number of amides is 1. The maximum atomic E-state index is 12.0. The third kappa shape index (κ3) is 3.27. The second kappa shape index (κ2) is 6.06. The minimum Gasteiger partial charge on any atom is -0.505 e. The second-order valence-corrected chi connectivity index (χ2v) is 5.32. The van der Waals surface area contributed by atoms with Crippen LogP contribution in [-0.2, 0) is 0 Å². The Hall–Kier alpha value is -1.20. The first-order valence-corrected chi connectivity index (χ1v) is 6.70. The first-order chi connectivity index (χ1) is 9.38. The van der Waals surface area contributed by atoms with E-state index in [9.17, 15) is 9.90 Å². The normalized spacial score (nSPS) is 10.4. The summed E-state index contributed by atoms with van der Waals surface area (Å²) in [5, 5.41) is 12.3. The Kier molecular flexibility index (Phi) is 4.60. The fourth-order valence-electron chi connectivity index (χ4n) is 1.39. The number of phenols is 1. The SMILES string of the molecule is O=C(Nc1cc(Cl)c(O)c(Cl)c1)c1cnc(Cl)c(Cl)c1. The van der Waals surface area contributed by atoms with Crippen LogP contribution in [0.15, 0.2) is 24.4 Å². The molecule has 8 heteroatoms. The number of nitrogens with zero attached hydrogens (tertiary/aromatic N) is 1. The zero-order valence-electron chi connectivity index (χ0n) is 9.62. The third-order valence-electron chi connectivity index (χ3n) is 2.33. The number of benzene rings is 1. The molecule has 0 atom stereocenters. The molecular formula is C12H6Cl4N2O2. The summed E-state index contributed by atoms with van der Waals surface area (Å²) in [6.45, 7) is 0. The molecule has 2 rings (SSSR count). The summed E-state index contributed by atoms with van der Waals surface area (Å²) in [6, 6.07) is 4.12. The lowest BCUT2D eigenvalue weighted by molar-refractivity contribution is 0.102. The second-order valence-electron chi connectivity index (χ2n) is 3.74. The van der Waals surface area contributed by atoms with E-state index < -0.39 is 5.91 Å². The summed E-state index contributed by atoms with van der Waals surface area (Å²) < 4.78 is 0. The van der Waals surface area contributed by atoms with Gasteiger partial charge in [0.2, 0.25) is 0 Å². The lowest BCUT2D eigenvalue weighted by Crippen LogP contribution is -2.12. The number of aromatic nitrogens is 1. The highest BCUT2D eigenvalue weighted by atomic mass is 35.5. The van der Waals surface area contributed by atoms with Gasteiger partial charge in [-0.25, -0.2) is 4.98 Å². The lowest BCUT2D eigenvalue weighted by atomic mass is 10.2. The van der Waals surface area contributed by atoms with E-state index in [0.29, 0.717) is 5.69 Å². The van der Waals surface area contributed by atoms with Gasteiger partial charge in [0.15, 0.2) is 5.75 Å². The standard InChI is InChI=1S/C12H6Cl4N2O2/c13-7-2-6(3-8(14)10(7)19)18-12(20)5-1-9(15)11(16)17-4-5/h1-4,19H,(H,18,20). The molecule has 1 heterocycles. The van der Waals surface area contributed by atoms with E-state index in [1.807, 2.05) is 0 Å². The van der Waals surface area contributed by atoms with Gasteiger partial charge in [0.25, 0.3) is 5.91 Å². The summed E-state index contributed by atoms with van der Waals surface area (Å²) in [5.74, 6) is -0.712. The number of pyridine rings is 1. The molecule has 0 spiro atoms. The van der Waals surface area contributed by atoms with Crippen LogP contribution < -0.4 is 5.32 Å². The van der Waals surface area contributed by atoms with Crippen molar-refractivity contribution in [2.45, 2.75) is 0 Å². The predicted molar refractivity (Wildman–Crippen MR) is 80.3 cm³/mol. The minimum atomic E-state index is -0.464. The van der Waals surface area contributed by atoms with E-state index in [-0.39, 0.29) is 31.5 Å². The van der Waals surface area contributed by atoms with E-state index in [4.69, 9.17) is 46.4 Å². The Bertz CT molecular complexity index is 668. The van der Waals surface area contributed by atoms with Crippen LogP contribution in [0, 0.1) is 0 Å². The molecule has 0 aliphatic heterocycles. The molecule has 20 heavy (non-hydrogen) atoms. The number of anilines is 1. The van der Waals surface area contributed by atoms with E-state index in [2.05, 4.69) is 10.3 Å². The van der Waals surface area contributed by atoms with Crippen LogP contribution in [0.4, 0.5) is 5.69 Å². The zero-order chi connectivity index (χ0) is 14.9. The number of rotatable bonds is 2. The molecule has 104 valence electrons. The number of phenolic OH excluding ortho intramolecular Hbond substituents is 1. The molecule has 1 aromatic heterocycles. The number of carbonyl (C=O) groups excluding carboxylic acids is 1. The maximum Gasteiger partial charge on any atom is 0.257 e. The van der Waals surface area contributed by atoms with Crippen molar-refractivity contribution in [3.8, 4) is 5.75 Å². The van der Waals surface area contributed by atoms with Gasteiger partial charge >= 0.3 is 0 Å². The van der Waals surface area contributed by atoms with Crippen LogP contribution in [0.25, 0.3) is 0 Å². The Labute approximate surface area is 134 Å². The number of aromatic hydroxyl groups is 1. The fraction of sp³-hybridized carbons (Fsp3) is 0. The van der Waals surface area contributed by atoms with Crippen molar-refractivity contribution in [3.05, 3.63) is 50.2 Å². The van der Waals surface area contributed by atoms with Crippen molar-refractivity contribution in [3.63, 3.8) is 0 Å². The van der Waals surface area contributed by atoms with E-state index >= 15 is 0 Å². The van der Waals surface area contributed by atoms with Crippen LogP contribution in [0.2, 0.25) is 20.2 Å². The average molecular weight is 352 g/mol. The molecule has 2 N–H and O–H groups in total. The van der Waals surface area contributed by atoms with E-state index in [0.717, 1.165) is 0 Å². The molecule has 0 radical (unpaired) electrons. The molecule has 1 amide bonds. The van der Waals surface area contributed by atoms with Gasteiger partial charge in [-0.15, -0.1) is 0 Å². The summed E-state index contributed by atoms with van der Waals surface area (Å²) in [6.07, 6.45) is 1.28. The molecular weight excluding hydrogens is 346 g/mol. The van der Waals surface area contributed by atoms with Crippen molar-refractivity contribution in [1.82, 2.24) is 4.98 Å². The highest BCUT2D eigenvalue weighted by Crippen LogP contribution is 2.34. The summed E-state index contributed by atoms with van der Waals surface area (Å²) >= 11 is 23.0. The van der Waals surface area contributed by atoms with Gasteiger partial charge in [-0.3, -0.25) is 4.79 Å². The molecule has 1 aromatic carbocycles. The molecule has 0 bridgehead atoms. The van der Waals surface area contributed by atoms with Crippen LogP contribution in [0.5, 0.6) is 5.75 Å². The molecule has 4 nitrogen and oxygen atoms in total. The van der Waals surface area contributed by atoms with Gasteiger partial charge in [-0.2, -0.15) is 0 Å². The van der Waals surface area contributed by atoms with Crippen molar-refractivity contribution in [2.75, 3.05) is 5.32 Å². The molecule has 0 saturated heterocycles. The van der Waals surface area contributed by atoms with Crippen LogP contribution in [0.3, 0.4) is 0 Å². The van der Waals surface area contributed by atoms with Crippen molar-refractivity contribution < 1.29 is 9.90 Å². The van der Waals surface area contributed by atoms with Gasteiger partial charge in [0.05, 0.1) is 20.6 Å². The number of halogens is 4. The Balaban J connectivity index is 2.25. The Morgan fingerprint density at radius 1 is 1.05 bits per heavy atom. The number of carbonyl (C=O) groups is 1. The Morgan fingerprint density at radius 3 is 2.20 bits per heavy atom. The largest absolute Gasteiger partial charge is 0.505 e. The Morgan fingerprint density at radius 2 is 1.65 bits per heavy atom. The molecule has 0 unspecified atom stereocenters. The zero-order valence-corrected chi connectivity index (χ0v) is 12.6. The first kappa shape index (κ1) is 15.2. The van der Waals surface area contributed by atoms with Crippen LogP contribution in [-0.4, -0.2) is 16.0 Å². The summed E-state index contributed by atoms with van der Waals surface area (Å²) in [5.41, 5.74) is 0.550. The quantitative estimate of drug-likeness (QED) is 0.611. The lowest BCUT2D eigenvalue weighted by Gasteiger charge is -2.08. The molecule has 0 aliphatic rings. The molecule has 0 saturated carbocycles. The molecule has 0 aliphatic carbocycles. The highest BCUT2D eigenvalue weighted by Gasteiger charge is 2.12. The number of hydrogen-bond donors (Lipinski definition) is 2. The van der Waals surface area contributed by atoms with Gasteiger partial charge in [-0.1, -0.05) is 46.4 Å². The minimum absolute atomic E-state index is 0.0278. The average Bonchev–Trinajstić information content (AvgIpc) is 2.39. The maximum absolute atomic E-state index is 12.0. The monoisotopic (exact) mass is 350 g/mol. The predicted octanol–water partition coefficient (Wildman–Crippen LogP) is 4.65. The summed E-state index contributed by atoms with van der Waals surface area (Å²) in [7, 11) is 0.